The van der Waals surface area contributed by atoms with Gasteiger partial charge >= 0.3 is 0 Å². The number of nitrogens with one attached hydrogen (secondary N) is 2. The lowest BCUT2D eigenvalue weighted by Gasteiger charge is -2.10. The summed E-state index contributed by atoms with van der Waals surface area (Å²) in [4.78, 5) is 24.3. The van der Waals surface area contributed by atoms with Crippen molar-refractivity contribution in [2.45, 2.75) is 20.3 Å². The Morgan fingerprint density at radius 3 is 2.54 bits per heavy atom. The smallest absolute Gasteiger partial charge is 0.255 e. The number of carbonyl (C=O) groups is 2. The molecule has 5 heteroatoms. The van der Waals surface area contributed by atoms with Crippen molar-refractivity contribution in [3.8, 4) is 5.75 Å². The first-order valence-corrected chi connectivity index (χ1v) is 7.96. The predicted molar refractivity (Wildman–Crippen MR) is 93.1 cm³/mol. The van der Waals surface area contributed by atoms with Crippen LogP contribution in [-0.2, 0) is 4.79 Å². The predicted octanol–water partition coefficient (Wildman–Crippen LogP) is 3.55. The molecule has 0 spiro atoms. The molecular weight excluding hydrogens is 304 g/mol. The summed E-state index contributed by atoms with van der Waals surface area (Å²) in [6.07, 6.45) is 0.915. The van der Waals surface area contributed by atoms with Gasteiger partial charge in [-0.3, -0.25) is 9.59 Å². The molecule has 2 atom stereocenters. The van der Waals surface area contributed by atoms with E-state index in [1.807, 2.05) is 19.9 Å². The Morgan fingerprint density at radius 2 is 1.88 bits per heavy atom. The minimum atomic E-state index is -0.343. The first-order valence-electron chi connectivity index (χ1n) is 7.96. The molecule has 1 saturated carbocycles. The van der Waals surface area contributed by atoms with Gasteiger partial charge in [-0.15, -0.1) is 0 Å². The van der Waals surface area contributed by atoms with Crippen molar-refractivity contribution in [3.63, 3.8) is 0 Å². The molecule has 0 saturated heterocycles. The Kier molecular flexibility index (Phi) is 4.25. The van der Waals surface area contributed by atoms with E-state index in [1.165, 1.54) is 0 Å². The van der Waals surface area contributed by atoms with Gasteiger partial charge in [0.1, 0.15) is 5.75 Å². The molecule has 5 nitrogen and oxygen atoms in total. The largest absolute Gasteiger partial charge is 0.506 e. The van der Waals surface area contributed by atoms with Crippen molar-refractivity contribution in [1.82, 2.24) is 0 Å². The van der Waals surface area contributed by atoms with Gasteiger partial charge in [-0.25, -0.2) is 0 Å². The number of anilines is 2. The summed E-state index contributed by atoms with van der Waals surface area (Å²) in [5.41, 5.74) is 2.27. The number of aryl methyl sites for hydroxylation is 1. The Balaban J connectivity index is 1.70. The van der Waals surface area contributed by atoms with Crippen LogP contribution in [0.15, 0.2) is 42.5 Å². The van der Waals surface area contributed by atoms with Gasteiger partial charge in [-0.2, -0.15) is 0 Å². The summed E-state index contributed by atoms with van der Waals surface area (Å²) in [6, 6.07) is 11.8. The summed E-state index contributed by atoms with van der Waals surface area (Å²) in [7, 11) is 0. The zero-order valence-electron chi connectivity index (χ0n) is 13.7. The highest BCUT2D eigenvalue weighted by atomic mass is 16.3. The van der Waals surface area contributed by atoms with E-state index in [0.29, 0.717) is 22.9 Å². The van der Waals surface area contributed by atoms with E-state index in [2.05, 4.69) is 10.6 Å². The average Bonchev–Trinajstić information content (AvgIpc) is 3.27. The van der Waals surface area contributed by atoms with Gasteiger partial charge in [0.05, 0.1) is 5.69 Å². The van der Waals surface area contributed by atoms with Crippen LogP contribution in [0.25, 0.3) is 0 Å². The van der Waals surface area contributed by atoms with Crippen molar-refractivity contribution in [2.24, 2.45) is 11.8 Å². The van der Waals surface area contributed by atoms with E-state index in [1.54, 1.807) is 36.4 Å². The van der Waals surface area contributed by atoms with Crippen molar-refractivity contribution in [3.05, 3.63) is 53.6 Å². The van der Waals surface area contributed by atoms with Gasteiger partial charge in [-0.1, -0.05) is 19.1 Å². The van der Waals surface area contributed by atoms with E-state index >= 15 is 0 Å². The number of hydrogen-bond donors (Lipinski definition) is 3. The maximum atomic E-state index is 12.4. The van der Waals surface area contributed by atoms with Gasteiger partial charge in [-0.05, 0) is 55.2 Å². The van der Waals surface area contributed by atoms with Crippen LogP contribution in [0.3, 0.4) is 0 Å². The number of aromatic hydroxyl groups is 1. The van der Waals surface area contributed by atoms with Crippen molar-refractivity contribution >= 4 is 23.2 Å². The quantitative estimate of drug-likeness (QED) is 0.753. The average molecular weight is 324 g/mol. The molecule has 2 aromatic carbocycles. The molecule has 2 amide bonds. The van der Waals surface area contributed by atoms with E-state index < -0.39 is 0 Å². The number of carbonyl (C=O) groups excluding carboxylic acids is 2. The SMILES string of the molecule is Cc1ccc(NC(=O)c2cccc(NC(=O)C3CC3C)c2)c(O)c1. The van der Waals surface area contributed by atoms with Crippen LogP contribution in [0, 0.1) is 18.8 Å². The maximum Gasteiger partial charge on any atom is 0.255 e. The molecule has 124 valence electrons. The van der Waals surface area contributed by atoms with Crippen LogP contribution < -0.4 is 10.6 Å². The third-order valence-electron chi connectivity index (χ3n) is 4.24. The molecule has 0 aliphatic heterocycles. The van der Waals surface area contributed by atoms with Gasteiger partial charge in [0.25, 0.3) is 5.91 Å². The summed E-state index contributed by atoms with van der Waals surface area (Å²) in [6.45, 7) is 3.90. The number of hydrogen-bond acceptors (Lipinski definition) is 3. The highest BCUT2D eigenvalue weighted by Crippen LogP contribution is 2.38. The molecule has 0 heterocycles. The third-order valence-corrected chi connectivity index (χ3v) is 4.24. The van der Waals surface area contributed by atoms with Gasteiger partial charge in [0, 0.05) is 17.2 Å². The topological polar surface area (TPSA) is 78.4 Å². The number of rotatable bonds is 4. The van der Waals surface area contributed by atoms with Crippen molar-refractivity contribution in [2.75, 3.05) is 10.6 Å². The summed E-state index contributed by atoms with van der Waals surface area (Å²) < 4.78 is 0. The highest BCUT2D eigenvalue weighted by Gasteiger charge is 2.39. The lowest BCUT2D eigenvalue weighted by molar-refractivity contribution is -0.117. The number of amides is 2. The second-order valence-electron chi connectivity index (χ2n) is 6.36. The van der Waals surface area contributed by atoms with Crippen LogP contribution in [-0.4, -0.2) is 16.9 Å². The van der Waals surface area contributed by atoms with Gasteiger partial charge < -0.3 is 15.7 Å². The molecular formula is C19H20N2O3. The molecule has 2 unspecified atom stereocenters. The normalized spacial score (nSPS) is 18.8. The lowest BCUT2D eigenvalue weighted by atomic mass is 10.1. The zero-order chi connectivity index (χ0) is 17.3. The van der Waals surface area contributed by atoms with Gasteiger partial charge in [0.2, 0.25) is 5.91 Å². The molecule has 24 heavy (non-hydrogen) atoms. The first-order chi connectivity index (χ1) is 11.4. The monoisotopic (exact) mass is 324 g/mol. The molecule has 1 aliphatic carbocycles. The number of benzene rings is 2. The van der Waals surface area contributed by atoms with Crippen LogP contribution in [0.5, 0.6) is 5.75 Å². The Hall–Kier alpha value is -2.82. The molecule has 3 rings (SSSR count). The standard InChI is InChI=1S/C19H20N2O3/c1-11-6-7-16(17(22)8-11)21-18(23)13-4-3-5-14(10-13)20-19(24)15-9-12(15)2/h3-8,10,12,15,22H,9H2,1-2H3,(H,20,24)(H,21,23). The minimum absolute atomic E-state index is 0.00348. The Morgan fingerprint density at radius 1 is 1.12 bits per heavy atom. The second kappa shape index (κ2) is 6.35. The number of phenolic OH excluding ortho intramolecular Hbond substituents is 1. The van der Waals surface area contributed by atoms with Crippen LogP contribution >= 0.6 is 0 Å². The van der Waals surface area contributed by atoms with Crippen molar-refractivity contribution in [1.29, 1.82) is 0 Å². The molecule has 0 aromatic heterocycles. The molecule has 0 bridgehead atoms. The van der Waals surface area contributed by atoms with E-state index in [-0.39, 0.29) is 23.5 Å². The molecule has 0 radical (unpaired) electrons. The maximum absolute atomic E-state index is 12.4. The fraction of sp³-hybridized carbons (Fsp3) is 0.263. The first kappa shape index (κ1) is 16.1. The summed E-state index contributed by atoms with van der Waals surface area (Å²) in [5.74, 6) is 0.185. The Labute approximate surface area is 140 Å². The molecule has 2 aromatic rings. The summed E-state index contributed by atoms with van der Waals surface area (Å²) in [5, 5.41) is 15.4. The van der Waals surface area contributed by atoms with Crippen LogP contribution in [0.1, 0.15) is 29.3 Å². The van der Waals surface area contributed by atoms with Crippen molar-refractivity contribution < 1.29 is 14.7 Å². The highest BCUT2D eigenvalue weighted by molar-refractivity contribution is 6.06. The fourth-order valence-corrected chi connectivity index (χ4v) is 2.60. The zero-order valence-corrected chi connectivity index (χ0v) is 13.7. The van der Waals surface area contributed by atoms with Crippen LogP contribution in [0.2, 0.25) is 0 Å². The number of phenols is 1. The van der Waals surface area contributed by atoms with E-state index in [4.69, 9.17) is 0 Å². The van der Waals surface area contributed by atoms with E-state index in [0.717, 1.165) is 12.0 Å². The third kappa shape index (κ3) is 3.56. The van der Waals surface area contributed by atoms with E-state index in [9.17, 15) is 14.7 Å². The van der Waals surface area contributed by atoms with Gasteiger partial charge in [0.15, 0.2) is 0 Å². The Bertz CT molecular complexity index is 801. The molecule has 1 aliphatic rings. The minimum Gasteiger partial charge on any atom is -0.506 e. The molecule has 1 fully saturated rings. The lowest BCUT2D eigenvalue weighted by Crippen LogP contribution is -2.16. The second-order valence-corrected chi connectivity index (χ2v) is 6.36. The summed E-state index contributed by atoms with van der Waals surface area (Å²) >= 11 is 0. The molecule has 3 N–H and O–H groups in total. The van der Waals surface area contributed by atoms with Crippen LogP contribution in [0.4, 0.5) is 11.4 Å². The fourth-order valence-electron chi connectivity index (χ4n) is 2.60.